The third-order valence-corrected chi connectivity index (χ3v) is 3.42. The molecule has 2 rings (SSSR count). The van der Waals surface area contributed by atoms with Crippen LogP contribution in [0.1, 0.15) is 32.3 Å². The molecule has 0 spiro atoms. The summed E-state index contributed by atoms with van der Waals surface area (Å²) in [6.07, 6.45) is 1.65. The zero-order valence-corrected chi connectivity index (χ0v) is 12.7. The van der Waals surface area contributed by atoms with E-state index >= 15 is 0 Å². The van der Waals surface area contributed by atoms with Gasteiger partial charge in [-0.2, -0.15) is 0 Å². The standard InChI is InChI=1S/C15H21ClN2O2/c1-3-17-9-11-8-12(16)4-7-14(11)20-10(2)15(19)18-13-5-6-13/h4,7-8,10,13,17H,3,5-6,9H2,1-2H3,(H,18,19). The van der Waals surface area contributed by atoms with Crippen LogP contribution in [-0.2, 0) is 11.3 Å². The molecule has 1 aliphatic carbocycles. The third-order valence-electron chi connectivity index (χ3n) is 3.18. The van der Waals surface area contributed by atoms with Crippen LogP contribution in [0.15, 0.2) is 18.2 Å². The van der Waals surface area contributed by atoms with E-state index in [-0.39, 0.29) is 5.91 Å². The molecule has 0 bridgehead atoms. The lowest BCUT2D eigenvalue weighted by Crippen LogP contribution is -2.37. The first-order valence-electron chi connectivity index (χ1n) is 7.06. The van der Waals surface area contributed by atoms with Crippen LogP contribution < -0.4 is 15.4 Å². The second-order valence-corrected chi connectivity index (χ2v) is 5.51. The fourth-order valence-electron chi connectivity index (χ4n) is 1.85. The van der Waals surface area contributed by atoms with Gasteiger partial charge in [-0.1, -0.05) is 18.5 Å². The summed E-state index contributed by atoms with van der Waals surface area (Å²) in [5.41, 5.74) is 0.963. The number of rotatable bonds is 7. The van der Waals surface area contributed by atoms with Crippen LogP contribution in [0.2, 0.25) is 5.02 Å². The molecule has 0 saturated heterocycles. The molecule has 1 atom stereocenters. The van der Waals surface area contributed by atoms with Crippen LogP contribution >= 0.6 is 11.6 Å². The maximum absolute atomic E-state index is 11.9. The Kier molecular flexibility index (Phi) is 5.26. The first-order chi connectivity index (χ1) is 9.60. The maximum atomic E-state index is 11.9. The maximum Gasteiger partial charge on any atom is 0.260 e. The molecule has 4 nitrogen and oxygen atoms in total. The molecule has 1 fully saturated rings. The van der Waals surface area contributed by atoms with Gasteiger partial charge in [0.15, 0.2) is 6.10 Å². The predicted molar refractivity (Wildman–Crippen MR) is 80.1 cm³/mol. The molecule has 1 amide bonds. The minimum absolute atomic E-state index is 0.0585. The number of hydrogen-bond acceptors (Lipinski definition) is 3. The van der Waals surface area contributed by atoms with Gasteiger partial charge in [-0.25, -0.2) is 0 Å². The zero-order valence-electron chi connectivity index (χ0n) is 11.9. The molecule has 110 valence electrons. The lowest BCUT2D eigenvalue weighted by molar-refractivity contribution is -0.127. The Hall–Kier alpha value is -1.26. The van der Waals surface area contributed by atoms with Gasteiger partial charge in [0, 0.05) is 23.2 Å². The number of carbonyl (C=O) groups excluding carboxylic acids is 1. The number of nitrogens with one attached hydrogen (secondary N) is 2. The van der Waals surface area contributed by atoms with E-state index in [1.807, 2.05) is 19.1 Å². The molecule has 5 heteroatoms. The number of benzene rings is 1. The molecule has 1 unspecified atom stereocenters. The number of carbonyl (C=O) groups is 1. The number of hydrogen-bond donors (Lipinski definition) is 2. The Morgan fingerprint density at radius 1 is 1.50 bits per heavy atom. The summed E-state index contributed by atoms with van der Waals surface area (Å²) in [6, 6.07) is 5.80. The average Bonchev–Trinajstić information content (AvgIpc) is 3.22. The molecule has 1 aromatic rings. The lowest BCUT2D eigenvalue weighted by atomic mass is 10.2. The molecule has 2 N–H and O–H groups in total. The third kappa shape index (κ3) is 4.39. The first kappa shape index (κ1) is 15.1. The fraction of sp³-hybridized carbons (Fsp3) is 0.533. The van der Waals surface area contributed by atoms with Gasteiger partial charge in [-0.15, -0.1) is 0 Å². The van der Waals surface area contributed by atoms with Crippen molar-refractivity contribution in [3.05, 3.63) is 28.8 Å². The van der Waals surface area contributed by atoms with Gasteiger partial charge in [0.05, 0.1) is 0 Å². The van der Waals surface area contributed by atoms with Crippen LogP contribution in [-0.4, -0.2) is 24.6 Å². The SMILES string of the molecule is CCNCc1cc(Cl)ccc1OC(C)C(=O)NC1CC1. The smallest absolute Gasteiger partial charge is 0.260 e. The lowest BCUT2D eigenvalue weighted by Gasteiger charge is -2.17. The molecule has 0 radical (unpaired) electrons. The van der Waals surface area contributed by atoms with Crippen molar-refractivity contribution in [2.75, 3.05) is 6.54 Å². The van der Waals surface area contributed by atoms with Crippen molar-refractivity contribution in [1.82, 2.24) is 10.6 Å². The van der Waals surface area contributed by atoms with E-state index < -0.39 is 6.10 Å². The Morgan fingerprint density at radius 2 is 2.25 bits per heavy atom. The van der Waals surface area contributed by atoms with Crippen molar-refractivity contribution in [3.8, 4) is 5.75 Å². The predicted octanol–water partition coefficient (Wildman–Crippen LogP) is 2.50. The molecule has 20 heavy (non-hydrogen) atoms. The van der Waals surface area contributed by atoms with E-state index in [4.69, 9.17) is 16.3 Å². The molecule has 1 aromatic carbocycles. The second-order valence-electron chi connectivity index (χ2n) is 5.08. The summed E-state index contributed by atoms with van der Waals surface area (Å²) in [5, 5.41) is 6.85. The minimum atomic E-state index is -0.503. The number of ether oxygens (including phenoxy) is 1. The second kappa shape index (κ2) is 6.95. The van der Waals surface area contributed by atoms with Gasteiger partial charge in [-0.3, -0.25) is 4.79 Å². The number of amides is 1. The highest BCUT2D eigenvalue weighted by Gasteiger charge is 2.26. The van der Waals surface area contributed by atoms with Crippen LogP contribution in [0, 0.1) is 0 Å². The van der Waals surface area contributed by atoms with E-state index in [0.29, 0.717) is 23.4 Å². The topological polar surface area (TPSA) is 50.4 Å². The van der Waals surface area contributed by atoms with Crippen molar-refractivity contribution in [1.29, 1.82) is 0 Å². The molecule has 0 heterocycles. The van der Waals surface area contributed by atoms with Gasteiger partial charge in [0.25, 0.3) is 5.91 Å². The van der Waals surface area contributed by atoms with E-state index in [0.717, 1.165) is 24.9 Å². The van der Waals surface area contributed by atoms with E-state index in [2.05, 4.69) is 10.6 Å². The van der Waals surface area contributed by atoms with Gasteiger partial charge in [0.2, 0.25) is 0 Å². The van der Waals surface area contributed by atoms with Crippen molar-refractivity contribution < 1.29 is 9.53 Å². The van der Waals surface area contributed by atoms with Gasteiger partial charge in [-0.05, 0) is 44.5 Å². The molecule has 0 aromatic heterocycles. The van der Waals surface area contributed by atoms with Crippen molar-refractivity contribution in [2.45, 2.75) is 45.4 Å². The van der Waals surface area contributed by atoms with Gasteiger partial charge in [0.1, 0.15) is 5.75 Å². The Bertz CT molecular complexity index is 475. The highest BCUT2D eigenvalue weighted by Crippen LogP contribution is 2.24. The van der Waals surface area contributed by atoms with Crippen LogP contribution in [0.3, 0.4) is 0 Å². The van der Waals surface area contributed by atoms with Gasteiger partial charge < -0.3 is 15.4 Å². The molecule has 1 aliphatic rings. The summed E-state index contributed by atoms with van der Waals surface area (Å²) in [4.78, 5) is 11.9. The fourth-order valence-corrected chi connectivity index (χ4v) is 2.05. The highest BCUT2D eigenvalue weighted by molar-refractivity contribution is 6.30. The summed E-state index contributed by atoms with van der Waals surface area (Å²) < 4.78 is 5.78. The summed E-state index contributed by atoms with van der Waals surface area (Å²) in [6.45, 7) is 5.34. The Morgan fingerprint density at radius 3 is 2.90 bits per heavy atom. The van der Waals surface area contributed by atoms with E-state index in [1.165, 1.54) is 0 Å². The van der Waals surface area contributed by atoms with Crippen LogP contribution in [0.25, 0.3) is 0 Å². The van der Waals surface area contributed by atoms with Crippen molar-refractivity contribution in [2.24, 2.45) is 0 Å². The van der Waals surface area contributed by atoms with Gasteiger partial charge >= 0.3 is 0 Å². The molecule has 0 aliphatic heterocycles. The minimum Gasteiger partial charge on any atom is -0.481 e. The van der Waals surface area contributed by atoms with Crippen LogP contribution in [0.5, 0.6) is 5.75 Å². The highest BCUT2D eigenvalue weighted by atomic mass is 35.5. The summed E-state index contributed by atoms with van der Waals surface area (Å²) in [7, 11) is 0. The van der Waals surface area contributed by atoms with Crippen molar-refractivity contribution >= 4 is 17.5 Å². The summed E-state index contributed by atoms with van der Waals surface area (Å²) >= 11 is 6.01. The van der Waals surface area contributed by atoms with Crippen LogP contribution in [0.4, 0.5) is 0 Å². The Balaban J connectivity index is 2.00. The number of halogens is 1. The van der Waals surface area contributed by atoms with Crippen molar-refractivity contribution in [3.63, 3.8) is 0 Å². The first-order valence-corrected chi connectivity index (χ1v) is 7.44. The normalized spacial score (nSPS) is 15.8. The monoisotopic (exact) mass is 296 g/mol. The van der Waals surface area contributed by atoms with E-state index in [1.54, 1.807) is 13.0 Å². The Labute approximate surface area is 124 Å². The summed E-state index contributed by atoms with van der Waals surface area (Å²) in [5.74, 6) is 0.644. The zero-order chi connectivity index (χ0) is 14.5. The largest absolute Gasteiger partial charge is 0.481 e. The van der Waals surface area contributed by atoms with E-state index in [9.17, 15) is 4.79 Å². The molecular weight excluding hydrogens is 276 g/mol. The molecule has 1 saturated carbocycles. The quantitative estimate of drug-likeness (QED) is 0.813. The average molecular weight is 297 g/mol. The molecular formula is C15H21ClN2O2.